The molecule has 0 fully saturated rings. The predicted octanol–water partition coefficient (Wildman–Crippen LogP) is 1.91. The molecule has 3 N–H and O–H groups in total. The molecule has 41 heavy (non-hydrogen) atoms. The third kappa shape index (κ3) is 12.9. The van der Waals surface area contributed by atoms with Crippen LogP contribution >= 0.6 is 0 Å². The van der Waals surface area contributed by atoms with Crippen LogP contribution in [0.2, 0.25) is 0 Å². The Bertz CT molecular complexity index is 1150. The van der Waals surface area contributed by atoms with Crippen molar-refractivity contribution in [3.63, 3.8) is 0 Å². The molecule has 1 amide bonds. The maximum Gasteiger partial charge on any atom is 0.254 e. The van der Waals surface area contributed by atoms with Gasteiger partial charge in [0, 0.05) is 23.2 Å². The molecule has 11 nitrogen and oxygen atoms in total. The second-order valence-electron chi connectivity index (χ2n) is 9.43. The summed E-state index contributed by atoms with van der Waals surface area (Å²) in [6, 6.07) is 12.8. The molecule has 0 heterocycles. The zero-order valence-corrected chi connectivity index (χ0v) is 24.2. The van der Waals surface area contributed by atoms with Crippen LogP contribution in [-0.4, -0.2) is 61.0 Å². The monoisotopic (exact) mass is 569 g/mol. The van der Waals surface area contributed by atoms with E-state index in [0.717, 1.165) is 25.0 Å². The Hall–Kier alpha value is -4.54. The van der Waals surface area contributed by atoms with Crippen LogP contribution in [0.3, 0.4) is 0 Å². The number of nitrogens with zero attached hydrogens (tertiary/aromatic N) is 1. The van der Waals surface area contributed by atoms with E-state index in [2.05, 4.69) is 0 Å². The number of carbonyl (C=O) groups excluding carboxylic acids is 3. The van der Waals surface area contributed by atoms with Gasteiger partial charge in [-0.15, -0.1) is 0 Å². The van der Waals surface area contributed by atoms with Crippen LogP contribution in [0.25, 0.3) is 0 Å². The first kappa shape index (κ1) is 34.5. The number of unbranched alkanes of at least 4 members (excludes halogenated alkanes) is 2. The topological polar surface area (TPSA) is 178 Å². The number of amides is 1. The number of carboxylic acids is 2. The molecule has 2 rings (SSSR count). The van der Waals surface area contributed by atoms with Gasteiger partial charge in [-0.1, -0.05) is 0 Å². The molecule has 0 aliphatic rings. The average Bonchev–Trinajstić information content (AvgIpc) is 2.91. The summed E-state index contributed by atoms with van der Waals surface area (Å²) >= 11 is 0. The highest BCUT2D eigenvalue weighted by Crippen LogP contribution is 2.29. The van der Waals surface area contributed by atoms with Gasteiger partial charge in [0.25, 0.3) is 5.91 Å². The van der Waals surface area contributed by atoms with Crippen LogP contribution < -0.4 is 30.2 Å². The van der Waals surface area contributed by atoms with Crippen LogP contribution in [0.4, 0.5) is 0 Å². The zero-order valence-electron chi connectivity index (χ0n) is 24.2. The zero-order chi connectivity index (χ0) is 30.9. The van der Waals surface area contributed by atoms with Gasteiger partial charge in [0.15, 0.2) is 11.5 Å². The van der Waals surface area contributed by atoms with Gasteiger partial charge >= 0.3 is 0 Å². The number of carbonyl (C=O) groups is 3. The molecule has 224 valence electrons. The van der Waals surface area contributed by atoms with Gasteiger partial charge in [-0.05, 0) is 102 Å². The number of aliphatic carboxylic acids is 2. The van der Waals surface area contributed by atoms with E-state index in [1.54, 1.807) is 37.4 Å². The molecule has 0 saturated heterocycles. The molecule has 0 saturated carbocycles. The fourth-order valence-corrected chi connectivity index (χ4v) is 3.75. The van der Waals surface area contributed by atoms with E-state index in [1.165, 1.54) is 0 Å². The first-order chi connectivity index (χ1) is 19.4. The summed E-state index contributed by atoms with van der Waals surface area (Å²) in [7, 11) is 1.58. The molecule has 0 aliphatic carbocycles. The Morgan fingerprint density at radius 3 is 1.80 bits per heavy atom. The second-order valence-corrected chi connectivity index (χ2v) is 9.43. The minimum atomic E-state index is -1.55. The lowest BCUT2D eigenvalue weighted by Crippen LogP contribution is -2.42. The van der Waals surface area contributed by atoms with Crippen molar-refractivity contribution in [2.45, 2.75) is 59.0 Å². The van der Waals surface area contributed by atoms with Crippen molar-refractivity contribution in [2.24, 2.45) is 5.73 Å². The van der Waals surface area contributed by atoms with E-state index >= 15 is 0 Å². The van der Waals surface area contributed by atoms with Crippen LogP contribution in [0.1, 0.15) is 62.9 Å². The average molecular weight is 570 g/mol. The SMILES string of the molecule is COc1cc(C(=O)N(C(C)C)C(C)C)ccc1OCCCCCOc1ccc(C(=N)N)cc1.O=C([O-])/C=C\C(=O)[O-]. The molecule has 0 aromatic heterocycles. The molecular weight excluding hydrogens is 530 g/mol. The Balaban J connectivity index is 0.000000915. The quantitative estimate of drug-likeness (QED) is 0.140. The highest BCUT2D eigenvalue weighted by molar-refractivity contribution is 5.95. The maximum atomic E-state index is 12.9. The van der Waals surface area contributed by atoms with Gasteiger partial charge in [0.05, 0.1) is 32.3 Å². The second kappa shape index (κ2) is 17.9. The minimum absolute atomic E-state index is 0.0132. The number of hydrogen-bond donors (Lipinski definition) is 2. The minimum Gasteiger partial charge on any atom is -0.545 e. The van der Waals surface area contributed by atoms with Gasteiger partial charge < -0.3 is 44.6 Å². The van der Waals surface area contributed by atoms with E-state index < -0.39 is 11.9 Å². The van der Waals surface area contributed by atoms with Crippen molar-refractivity contribution < 1.29 is 38.8 Å². The first-order valence-corrected chi connectivity index (χ1v) is 13.2. The van der Waals surface area contributed by atoms with Crippen LogP contribution in [0, 0.1) is 5.41 Å². The third-order valence-corrected chi connectivity index (χ3v) is 5.59. The Morgan fingerprint density at radius 2 is 1.34 bits per heavy atom. The summed E-state index contributed by atoms with van der Waals surface area (Å²) in [5.41, 5.74) is 6.73. The van der Waals surface area contributed by atoms with E-state index in [0.29, 0.717) is 48.0 Å². The first-order valence-electron chi connectivity index (χ1n) is 13.2. The molecule has 2 aromatic carbocycles. The number of rotatable bonds is 15. The molecule has 0 aliphatic heterocycles. The number of benzene rings is 2. The smallest absolute Gasteiger partial charge is 0.254 e. The lowest BCUT2D eigenvalue weighted by atomic mass is 10.1. The molecule has 11 heteroatoms. The lowest BCUT2D eigenvalue weighted by Gasteiger charge is -2.31. The van der Waals surface area contributed by atoms with Gasteiger partial charge in [-0.25, -0.2) is 0 Å². The summed E-state index contributed by atoms with van der Waals surface area (Å²) in [6.07, 6.45) is 3.51. The van der Waals surface area contributed by atoms with Crippen molar-refractivity contribution in [3.05, 3.63) is 65.7 Å². The van der Waals surface area contributed by atoms with Gasteiger partial charge in [0.1, 0.15) is 11.6 Å². The van der Waals surface area contributed by atoms with Crippen molar-refractivity contribution in [2.75, 3.05) is 20.3 Å². The Kier molecular flexibility index (Phi) is 15.1. The van der Waals surface area contributed by atoms with Crippen LogP contribution in [0.15, 0.2) is 54.6 Å². The van der Waals surface area contributed by atoms with E-state index in [4.69, 9.17) is 25.4 Å². The maximum absolute atomic E-state index is 12.9. The number of amidine groups is 1. The van der Waals surface area contributed by atoms with Crippen molar-refractivity contribution in [1.29, 1.82) is 5.41 Å². The van der Waals surface area contributed by atoms with Crippen molar-refractivity contribution in [3.8, 4) is 17.2 Å². The molecule has 0 unspecified atom stereocenters. The summed E-state index contributed by atoms with van der Waals surface area (Å²) in [5.74, 6) is -1.09. The molecular formula is C30H39N3O8-2. The van der Waals surface area contributed by atoms with Gasteiger partial charge in [-0.3, -0.25) is 10.2 Å². The Morgan fingerprint density at radius 1 is 0.829 bits per heavy atom. The van der Waals surface area contributed by atoms with Crippen LogP contribution in [0.5, 0.6) is 17.2 Å². The number of hydrogen-bond acceptors (Lipinski definition) is 9. The van der Waals surface area contributed by atoms with Gasteiger partial charge in [-0.2, -0.15) is 0 Å². The number of nitrogen functional groups attached to an aromatic ring is 1. The summed E-state index contributed by atoms with van der Waals surface area (Å²) in [4.78, 5) is 33.6. The van der Waals surface area contributed by atoms with Crippen molar-refractivity contribution >= 4 is 23.7 Å². The summed E-state index contributed by atoms with van der Waals surface area (Å²) in [5, 5.41) is 26.2. The Labute approximate surface area is 241 Å². The number of nitrogens with two attached hydrogens (primary N) is 1. The highest BCUT2D eigenvalue weighted by atomic mass is 16.5. The standard InChI is InChI=1S/C26H37N3O4.C4H4O4/c1-18(2)29(19(3)4)26(30)21-11-14-23(24(17-21)31-5)33-16-8-6-7-15-32-22-12-9-20(10-13-22)25(27)28;5-3(6)1-2-4(7)8/h9-14,17-19H,6-8,15-16H2,1-5H3,(H3,27,28);1-2H,(H,5,6)(H,7,8)/p-2/b;2-1-. The third-order valence-electron chi connectivity index (χ3n) is 5.59. The molecule has 0 spiro atoms. The summed E-state index contributed by atoms with van der Waals surface area (Å²) < 4.78 is 17.1. The largest absolute Gasteiger partial charge is 0.545 e. The van der Waals surface area contributed by atoms with Crippen LogP contribution in [-0.2, 0) is 9.59 Å². The molecule has 0 atom stereocenters. The van der Waals surface area contributed by atoms with E-state index in [9.17, 15) is 24.6 Å². The molecule has 0 bridgehead atoms. The van der Waals surface area contributed by atoms with E-state index in [1.807, 2.05) is 44.7 Å². The normalized spacial score (nSPS) is 10.6. The fourth-order valence-electron chi connectivity index (χ4n) is 3.75. The molecule has 2 aromatic rings. The van der Waals surface area contributed by atoms with Gasteiger partial charge in [0.2, 0.25) is 0 Å². The number of ether oxygens (including phenoxy) is 3. The van der Waals surface area contributed by atoms with Crippen molar-refractivity contribution in [1.82, 2.24) is 4.90 Å². The number of nitrogens with one attached hydrogen (secondary N) is 1. The summed E-state index contributed by atoms with van der Waals surface area (Å²) in [6.45, 7) is 9.23. The fraction of sp³-hybridized carbons (Fsp3) is 0.400. The number of methoxy groups -OCH3 is 1. The van der Waals surface area contributed by atoms with E-state index in [-0.39, 0.29) is 23.8 Å². The lowest BCUT2D eigenvalue weighted by molar-refractivity contribution is -0.301. The highest BCUT2D eigenvalue weighted by Gasteiger charge is 2.22. The predicted molar refractivity (Wildman–Crippen MR) is 151 cm³/mol. The molecule has 0 radical (unpaired) electrons. The number of carboxylic acid groups (broad SMARTS) is 2.